The number of nitrogens with zero attached hydrogens (tertiary/aromatic N) is 4. The van der Waals surface area contributed by atoms with Crippen molar-refractivity contribution in [2.75, 3.05) is 29.7 Å². The summed E-state index contributed by atoms with van der Waals surface area (Å²) in [4.78, 5) is 15.9. The van der Waals surface area contributed by atoms with Crippen LogP contribution in [0.2, 0.25) is 0 Å². The largest absolute Gasteiger partial charge is 0.347 e. The van der Waals surface area contributed by atoms with Gasteiger partial charge in [-0.1, -0.05) is 13.0 Å². The molecule has 108 valence electrons. The van der Waals surface area contributed by atoms with Crippen LogP contribution >= 0.6 is 11.3 Å². The Labute approximate surface area is 122 Å². The third-order valence-electron chi connectivity index (χ3n) is 2.75. The van der Waals surface area contributed by atoms with Gasteiger partial charge >= 0.3 is 0 Å². The van der Waals surface area contributed by atoms with E-state index in [1.54, 1.807) is 16.2 Å². The molecule has 0 aliphatic rings. The Balaban J connectivity index is 2.25. The quantitative estimate of drug-likeness (QED) is 0.553. The van der Waals surface area contributed by atoms with Gasteiger partial charge in [0.05, 0.1) is 6.04 Å². The van der Waals surface area contributed by atoms with Crippen molar-refractivity contribution in [1.82, 2.24) is 15.0 Å². The minimum Gasteiger partial charge on any atom is -0.347 e. The second-order valence-corrected chi connectivity index (χ2v) is 5.42. The lowest BCUT2D eigenvalue weighted by molar-refractivity contribution is 0.749. The Kier molecular flexibility index (Phi) is 4.70. The number of nitrogens with one attached hydrogen (secondary N) is 2. The molecule has 0 aliphatic carbocycles. The van der Waals surface area contributed by atoms with Gasteiger partial charge in [0.15, 0.2) is 0 Å². The lowest BCUT2D eigenvalue weighted by Gasteiger charge is -2.17. The van der Waals surface area contributed by atoms with E-state index >= 15 is 0 Å². The maximum absolute atomic E-state index is 5.40. The fourth-order valence-corrected chi connectivity index (χ4v) is 2.57. The highest BCUT2D eigenvalue weighted by atomic mass is 32.1. The zero-order valence-electron chi connectivity index (χ0n) is 11.8. The summed E-state index contributed by atoms with van der Waals surface area (Å²) in [5.74, 6) is 6.80. The van der Waals surface area contributed by atoms with Gasteiger partial charge in [-0.2, -0.15) is 15.0 Å². The van der Waals surface area contributed by atoms with Crippen LogP contribution in [0.15, 0.2) is 17.5 Å². The number of nitrogen functional groups attached to an aromatic ring is 1. The molecule has 2 heterocycles. The first-order valence-electron chi connectivity index (χ1n) is 6.34. The molecule has 0 saturated carbocycles. The van der Waals surface area contributed by atoms with Gasteiger partial charge in [0.2, 0.25) is 17.8 Å². The van der Waals surface area contributed by atoms with E-state index in [1.165, 1.54) is 4.88 Å². The van der Waals surface area contributed by atoms with Crippen molar-refractivity contribution in [3.8, 4) is 0 Å². The predicted molar refractivity (Wildman–Crippen MR) is 82.9 cm³/mol. The van der Waals surface area contributed by atoms with Crippen LogP contribution in [0.25, 0.3) is 0 Å². The van der Waals surface area contributed by atoms with Gasteiger partial charge in [0, 0.05) is 19.0 Å². The average Bonchev–Trinajstić information content (AvgIpc) is 2.98. The highest BCUT2D eigenvalue weighted by molar-refractivity contribution is 7.10. The minimum absolute atomic E-state index is 0.179. The standard InChI is InChI=1S/C12H19N7S/c1-4-8(9-6-5-7-20-9)14-10-15-11(18-13)17-12(16-10)19(2)3/h5-8H,4,13H2,1-3H3,(H2,14,15,16,17,18). The van der Waals surface area contributed by atoms with E-state index in [9.17, 15) is 0 Å². The lowest BCUT2D eigenvalue weighted by Crippen LogP contribution is -2.20. The smallest absolute Gasteiger partial charge is 0.243 e. The maximum atomic E-state index is 5.40. The second-order valence-electron chi connectivity index (χ2n) is 4.44. The highest BCUT2D eigenvalue weighted by Gasteiger charge is 2.14. The summed E-state index contributed by atoms with van der Waals surface area (Å²) in [7, 11) is 3.74. The monoisotopic (exact) mass is 293 g/mol. The summed E-state index contributed by atoms with van der Waals surface area (Å²) in [6.07, 6.45) is 0.939. The van der Waals surface area contributed by atoms with Gasteiger partial charge in [0.1, 0.15) is 0 Å². The molecule has 8 heteroatoms. The summed E-state index contributed by atoms with van der Waals surface area (Å²) < 4.78 is 0. The maximum Gasteiger partial charge on any atom is 0.243 e. The number of hydrazine groups is 1. The predicted octanol–water partition coefficient (Wildman–Crippen LogP) is 1.85. The van der Waals surface area contributed by atoms with Crippen LogP contribution in [0.4, 0.5) is 17.8 Å². The van der Waals surface area contributed by atoms with E-state index in [-0.39, 0.29) is 6.04 Å². The molecule has 1 unspecified atom stereocenters. The van der Waals surface area contributed by atoms with Crippen molar-refractivity contribution >= 4 is 29.2 Å². The summed E-state index contributed by atoms with van der Waals surface area (Å²) in [5.41, 5.74) is 2.46. The SMILES string of the molecule is CCC(Nc1nc(NN)nc(N(C)C)n1)c1cccs1. The first-order chi connectivity index (χ1) is 9.63. The fraction of sp³-hybridized carbons (Fsp3) is 0.417. The van der Waals surface area contributed by atoms with Gasteiger partial charge in [-0.05, 0) is 17.9 Å². The third kappa shape index (κ3) is 3.34. The molecule has 4 N–H and O–H groups in total. The zero-order chi connectivity index (χ0) is 14.5. The summed E-state index contributed by atoms with van der Waals surface area (Å²) in [6, 6.07) is 4.32. The molecule has 0 radical (unpaired) electrons. The molecule has 0 amide bonds. The average molecular weight is 293 g/mol. The van der Waals surface area contributed by atoms with E-state index in [1.807, 2.05) is 20.2 Å². The van der Waals surface area contributed by atoms with Crippen molar-refractivity contribution in [2.45, 2.75) is 19.4 Å². The minimum atomic E-state index is 0.179. The van der Waals surface area contributed by atoms with E-state index in [0.29, 0.717) is 17.8 Å². The van der Waals surface area contributed by atoms with Crippen LogP contribution in [0.3, 0.4) is 0 Å². The summed E-state index contributed by atoms with van der Waals surface area (Å²) in [5, 5.41) is 5.39. The first kappa shape index (κ1) is 14.5. The van der Waals surface area contributed by atoms with E-state index < -0.39 is 0 Å². The fourth-order valence-electron chi connectivity index (χ4n) is 1.71. The van der Waals surface area contributed by atoms with E-state index in [4.69, 9.17) is 5.84 Å². The van der Waals surface area contributed by atoms with Gasteiger partial charge in [-0.3, -0.25) is 5.43 Å². The molecule has 2 aromatic rings. The number of anilines is 3. The Morgan fingerprint density at radius 3 is 2.60 bits per heavy atom. The molecule has 1 atom stereocenters. The normalized spacial score (nSPS) is 12.0. The topological polar surface area (TPSA) is 92.0 Å². The Hall–Kier alpha value is -1.93. The Bertz CT molecular complexity index is 541. The van der Waals surface area contributed by atoms with Crippen molar-refractivity contribution in [2.24, 2.45) is 5.84 Å². The van der Waals surface area contributed by atoms with E-state index in [2.05, 4.69) is 44.1 Å². The summed E-state index contributed by atoms with van der Waals surface area (Å²) >= 11 is 1.71. The molecule has 0 aliphatic heterocycles. The van der Waals surface area contributed by atoms with Crippen LogP contribution in [0.1, 0.15) is 24.3 Å². The van der Waals surface area contributed by atoms with E-state index in [0.717, 1.165) is 6.42 Å². The summed E-state index contributed by atoms with van der Waals surface area (Å²) in [6.45, 7) is 2.12. The molecule has 7 nitrogen and oxygen atoms in total. The molecule has 0 bridgehead atoms. The van der Waals surface area contributed by atoms with Gasteiger partial charge in [-0.25, -0.2) is 5.84 Å². The number of hydrogen-bond acceptors (Lipinski definition) is 8. The number of rotatable bonds is 6. The molecule has 0 aromatic carbocycles. The van der Waals surface area contributed by atoms with Crippen molar-refractivity contribution in [3.05, 3.63) is 22.4 Å². The number of hydrogen-bond donors (Lipinski definition) is 3. The van der Waals surface area contributed by atoms with Gasteiger partial charge in [0.25, 0.3) is 0 Å². The van der Waals surface area contributed by atoms with Crippen molar-refractivity contribution in [1.29, 1.82) is 0 Å². The molecular weight excluding hydrogens is 274 g/mol. The molecule has 0 saturated heterocycles. The first-order valence-corrected chi connectivity index (χ1v) is 7.22. The Morgan fingerprint density at radius 2 is 2.05 bits per heavy atom. The molecular formula is C12H19N7S. The van der Waals surface area contributed by atoms with Crippen molar-refractivity contribution < 1.29 is 0 Å². The van der Waals surface area contributed by atoms with Crippen LogP contribution in [-0.4, -0.2) is 29.0 Å². The molecule has 2 aromatic heterocycles. The van der Waals surface area contributed by atoms with Crippen LogP contribution < -0.4 is 21.5 Å². The number of aromatic nitrogens is 3. The second kappa shape index (κ2) is 6.49. The Morgan fingerprint density at radius 1 is 1.30 bits per heavy atom. The molecule has 0 fully saturated rings. The van der Waals surface area contributed by atoms with Crippen LogP contribution in [-0.2, 0) is 0 Å². The number of thiophene rings is 1. The zero-order valence-corrected chi connectivity index (χ0v) is 12.6. The molecule has 2 rings (SSSR count). The van der Waals surface area contributed by atoms with Crippen LogP contribution in [0.5, 0.6) is 0 Å². The van der Waals surface area contributed by atoms with Gasteiger partial charge in [-0.15, -0.1) is 11.3 Å². The third-order valence-corrected chi connectivity index (χ3v) is 3.74. The number of nitrogens with two attached hydrogens (primary N) is 1. The highest BCUT2D eigenvalue weighted by Crippen LogP contribution is 2.25. The molecule has 0 spiro atoms. The van der Waals surface area contributed by atoms with Gasteiger partial charge < -0.3 is 10.2 Å². The van der Waals surface area contributed by atoms with Crippen LogP contribution in [0, 0.1) is 0 Å². The lowest BCUT2D eigenvalue weighted by atomic mass is 10.2. The molecule has 20 heavy (non-hydrogen) atoms. The van der Waals surface area contributed by atoms with Crippen molar-refractivity contribution in [3.63, 3.8) is 0 Å².